The number of aliphatic hydroxyl groups is 1. The number of nitrogens with one attached hydrogen (secondary N) is 1. The Hall–Kier alpha value is -2.53. The Morgan fingerprint density at radius 1 is 0.818 bits per heavy atom. The van der Waals surface area contributed by atoms with Crippen LogP contribution in [0.2, 0.25) is 0 Å². The summed E-state index contributed by atoms with van der Waals surface area (Å²) >= 11 is 4.53. The molecule has 2 atom stereocenters. The van der Waals surface area contributed by atoms with Crippen LogP contribution in [0.1, 0.15) is 171 Å². The lowest BCUT2D eigenvalue weighted by Gasteiger charge is -2.62. The minimum atomic E-state index is -0.327. The van der Waals surface area contributed by atoms with Crippen LogP contribution >= 0.6 is 12.6 Å². The third-order valence-corrected chi connectivity index (χ3v) is 12.9. The molecule has 0 aliphatic carbocycles. The normalized spacial score (nSPS) is 13.8. The maximum absolute atomic E-state index is 9.31. The molecule has 0 amide bonds. The van der Waals surface area contributed by atoms with Crippen LogP contribution in [-0.2, 0) is 10.5 Å². The molecular formula is C50H88N2O2S. The topological polar surface area (TPSA) is 44.7 Å². The zero-order valence-corrected chi connectivity index (χ0v) is 39.3. The van der Waals surface area contributed by atoms with Crippen LogP contribution in [-0.4, -0.2) is 36.2 Å². The van der Waals surface area contributed by atoms with Crippen LogP contribution < -0.4 is 5.32 Å². The van der Waals surface area contributed by atoms with Crippen molar-refractivity contribution in [2.45, 2.75) is 166 Å². The number of aliphatic hydroxyl groups excluding tert-OH is 1. The van der Waals surface area contributed by atoms with Crippen molar-refractivity contribution in [1.82, 2.24) is 10.2 Å². The van der Waals surface area contributed by atoms with E-state index in [9.17, 15) is 5.11 Å². The van der Waals surface area contributed by atoms with E-state index in [4.69, 9.17) is 11.3 Å². The van der Waals surface area contributed by atoms with Crippen LogP contribution in [0.25, 0.3) is 0 Å². The van der Waals surface area contributed by atoms with E-state index >= 15 is 0 Å². The van der Waals surface area contributed by atoms with Gasteiger partial charge in [0.15, 0.2) is 0 Å². The second-order valence-corrected chi connectivity index (χ2v) is 19.3. The molecule has 0 saturated carbocycles. The summed E-state index contributed by atoms with van der Waals surface area (Å²) in [6, 6.07) is 9.17. The van der Waals surface area contributed by atoms with Gasteiger partial charge in [-0.3, -0.25) is 0 Å². The van der Waals surface area contributed by atoms with Crippen molar-refractivity contribution in [3.8, 4) is 0 Å². The van der Waals surface area contributed by atoms with Gasteiger partial charge in [-0.05, 0) is 83.7 Å². The summed E-state index contributed by atoms with van der Waals surface area (Å²) in [4.78, 5) is 2.46. The van der Waals surface area contributed by atoms with Crippen LogP contribution in [0.15, 0.2) is 86.1 Å². The van der Waals surface area contributed by atoms with Crippen LogP contribution in [0.3, 0.4) is 0 Å². The number of rotatable bonds is 27. The zero-order valence-electron chi connectivity index (χ0n) is 38.4. The maximum atomic E-state index is 9.31. The van der Waals surface area contributed by atoms with Gasteiger partial charge in [0.05, 0.1) is 18.1 Å². The first kappa shape index (κ1) is 52.5. The Morgan fingerprint density at radius 3 is 1.89 bits per heavy atom. The van der Waals surface area contributed by atoms with Gasteiger partial charge < -0.3 is 20.1 Å². The van der Waals surface area contributed by atoms with Crippen molar-refractivity contribution in [3.63, 3.8) is 0 Å². The van der Waals surface area contributed by atoms with Gasteiger partial charge in [0.25, 0.3) is 0 Å². The van der Waals surface area contributed by atoms with Gasteiger partial charge in [0.1, 0.15) is 0 Å². The number of nitrogens with zero attached hydrogens (tertiary/aromatic N) is 1. The number of thiol groups is 1. The van der Waals surface area contributed by atoms with Gasteiger partial charge in [-0.25, -0.2) is 0 Å². The molecule has 0 bridgehead atoms. The van der Waals surface area contributed by atoms with E-state index in [2.05, 4.69) is 150 Å². The summed E-state index contributed by atoms with van der Waals surface area (Å²) < 4.78 is 6.75. The van der Waals surface area contributed by atoms with E-state index in [1.54, 1.807) is 0 Å². The Labute approximate surface area is 347 Å². The molecular weight excluding hydrogens is 693 g/mol. The molecule has 2 N–H and O–H groups in total. The third-order valence-electron chi connectivity index (χ3n) is 12.5. The van der Waals surface area contributed by atoms with Gasteiger partial charge >= 0.3 is 0 Å². The lowest BCUT2D eigenvalue weighted by Crippen LogP contribution is -2.55. The Kier molecular flexibility index (Phi) is 23.2. The Balaban J connectivity index is 0.0000143. The first-order valence-electron chi connectivity index (χ1n) is 21.3. The average Bonchev–Trinajstić information content (AvgIpc) is 3.11. The van der Waals surface area contributed by atoms with Crippen molar-refractivity contribution in [2.24, 2.45) is 27.1 Å². The van der Waals surface area contributed by atoms with E-state index in [0.717, 1.165) is 88.2 Å². The SMILES string of the molecule is C=CCCC(=C)N(CCCCCCNC(=C)CCC(=C)O)CCCOC(=C)C(C)(C(C)(C)C)C(C)(C)C(C)(C)C(CC(C)(C)C)c1ccc(CS)cc1.CC. The van der Waals surface area contributed by atoms with Gasteiger partial charge in [-0.1, -0.05) is 160 Å². The predicted molar refractivity (Wildman–Crippen MR) is 249 cm³/mol. The molecule has 0 aliphatic rings. The quantitative estimate of drug-likeness (QED) is 0.0360. The van der Waals surface area contributed by atoms with Crippen molar-refractivity contribution >= 4 is 12.6 Å². The number of allylic oxidation sites excluding steroid dienone is 5. The number of benzene rings is 1. The van der Waals surface area contributed by atoms with E-state index in [1.165, 1.54) is 23.2 Å². The smallest absolute Gasteiger partial charge is 0.0957 e. The molecule has 0 radical (unpaired) electrons. The fraction of sp³-hybridized carbons (Fsp3) is 0.680. The molecule has 1 rings (SSSR count). The van der Waals surface area contributed by atoms with Gasteiger partial charge in [-0.15, -0.1) is 6.58 Å². The average molecular weight is 781 g/mol. The molecule has 0 aromatic heterocycles. The standard InChI is InChI=1S/C48H82N2O2S.C2H6/c1-17-18-24-38(3)50(32-22-20-19-21-31-49-37(2)25-26-39(4)51)33-23-34-52-40(5)48(16,45(9,10)11)47(14,15)46(12,13)43(35-44(6,7)8)42-29-27-41(36-53)28-30-42;1-2/h17,27-30,43,49,51,53H,1-5,18-26,31-36H2,6-16H3;1-2H3. The predicted octanol–water partition coefficient (Wildman–Crippen LogP) is 15.0. The molecule has 55 heavy (non-hydrogen) atoms. The highest BCUT2D eigenvalue weighted by atomic mass is 32.1. The summed E-state index contributed by atoms with van der Waals surface area (Å²) in [6.45, 7) is 54.6. The molecule has 0 spiro atoms. The molecule has 316 valence electrons. The summed E-state index contributed by atoms with van der Waals surface area (Å²) in [6.07, 6.45) is 11.7. The highest BCUT2D eigenvalue weighted by Gasteiger charge is 2.60. The molecule has 2 unspecified atom stereocenters. The second kappa shape index (κ2) is 24.3. The first-order valence-corrected chi connectivity index (χ1v) is 21.9. The summed E-state index contributed by atoms with van der Waals surface area (Å²) in [7, 11) is 0. The molecule has 5 heteroatoms. The summed E-state index contributed by atoms with van der Waals surface area (Å²) in [5.41, 5.74) is 4.24. The fourth-order valence-electron chi connectivity index (χ4n) is 7.92. The lowest BCUT2D eigenvalue weighted by molar-refractivity contribution is -0.117. The lowest BCUT2D eigenvalue weighted by atomic mass is 9.43. The first-order chi connectivity index (χ1) is 25.5. The zero-order chi connectivity index (χ0) is 42.7. The molecule has 4 nitrogen and oxygen atoms in total. The van der Waals surface area contributed by atoms with Crippen LogP contribution in [0.5, 0.6) is 0 Å². The number of hydrogen-bond donors (Lipinski definition) is 3. The van der Waals surface area contributed by atoms with Gasteiger partial charge in [-0.2, -0.15) is 12.6 Å². The minimum Gasteiger partial charge on any atom is -0.513 e. The largest absolute Gasteiger partial charge is 0.513 e. The van der Waals surface area contributed by atoms with Crippen molar-refractivity contribution in [1.29, 1.82) is 0 Å². The fourth-order valence-corrected chi connectivity index (χ4v) is 8.13. The van der Waals surface area contributed by atoms with E-state index in [-0.39, 0.29) is 32.8 Å². The summed E-state index contributed by atoms with van der Waals surface area (Å²) in [5, 5.41) is 12.7. The monoisotopic (exact) mass is 781 g/mol. The molecule has 0 saturated heterocycles. The van der Waals surface area contributed by atoms with Crippen molar-refractivity contribution < 1.29 is 9.84 Å². The highest BCUT2D eigenvalue weighted by molar-refractivity contribution is 7.79. The highest BCUT2D eigenvalue weighted by Crippen LogP contribution is 2.66. The second-order valence-electron chi connectivity index (χ2n) is 19.0. The van der Waals surface area contributed by atoms with Crippen molar-refractivity contribution in [3.05, 3.63) is 97.3 Å². The third kappa shape index (κ3) is 16.5. The Bertz CT molecular complexity index is 1310. The van der Waals surface area contributed by atoms with Gasteiger partial charge in [0.2, 0.25) is 0 Å². The number of hydrogen-bond acceptors (Lipinski definition) is 5. The molecule has 0 heterocycles. The number of unbranched alkanes of at least 4 members (excludes halogenated alkanes) is 3. The molecule has 0 fully saturated rings. The molecule has 1 aromatic carbocycles. The maximum Gasteiger partial charge on any atom is 0.0957 e. The molecule has 1 aromatic rings. The van der Waals surface area contributed by atoms with Crippen molar-refractivity contribution in [2.75, 3.05) is 26.2 Å². The minimum absolute atomic E-state index is 0.101. The van der Waals surface area contributed by atoms with E-state index in [0.29, 0.717) is 18.9 Å². The summed E-state index contributed by atoms with van der Waals surface area (Å²) in [5.74, 6) is 2.18. The van der Waals surface area contributed by atoms with E-state index in [1.807, 2.05) is 19.9 Å². The number of ether oxygens (including phenoxy) is 1. The van der Waals surface area contributed by atoms with E-state index < -0.39 is 0 Å². The van der Waals surface area contributed by atoms with Gasteiger partial charge in [0, 0.05) is 48.6 Å². The van der Waals surface area contributed by atoms with Crippen LogP contribution in [0, 0.1) is 27.1 Å². The molecule has 0 aliphatic heterocycles. The Morgan fingerprint density at radius 2 is 1.38 bits per heavy atom. The van der Waals surface area contributed by atoms with Crippen LogP contribution in [0.4, 0.5) is 0 Å².